The summed E-state index contributed by atoms with van der Waals surface area (Å²) >= 11 is 1.71. The topological polar surface area (TPSA) is 36.4 Å². The third-order valence-electron chi connectivity index (χ3n) is 4.04. The Labute approximate surface area is 106 Å². The van der Waals surface area contributed by atoms with E-state index in [0.29, 0.717) is 0 Å². The van der Waals surface area contributed by atoms with Crippen LogP contribution in [0.4, 0.5) is 5.13 Å². The molecule has 1 aliphatic carbocycles. The van der Waals surface area contributed by atoms with Gasteiger partial charge in [-0.1, -0.05) is 11.3 Å². The summed E-state index contributed by atoms with van der Waals surface area (Å²) in [6.45, 7) is 5.68. The second-order valence-electron chi connectivity index (χ2n) is 5.78. The standard InChI is InChI=1S/C13H20N2OS/c1-13(2)7-4-8-15(13)12-14-9-5-3-6-10(16)11(9)17-12/h10,16H,3-8H2,1-2H3. The lowest BCUT2D eigenvalue weighted by molar-refractivity contribution is 0.160. The van der Waals surface area contributed by atoms with E-state index in [2.05, 4.69) is 18.7 Å². The summed E-state index contributed by atoms with van der Waals surface area (Å²) in [5.74, 6) is 0. The van der Waals surface area contributed by atoms with Gasteiger partial charge in [0.05, 0.1) is 16.7 Å². The minimum Gasteiger partial charge on any atom is -0.388 e. The van der Waals surface area contributed by atoms with E-state index in [1.165, 1.54) is 12.8 Å². The lowest BCUT2D eigenvalue weighted by Crippen LogP contribution is -2.38. The first-order valence-electron chi connectivity index (χ1n) is 6.53. The Morgan fingerprint density at radius 2 is 2.24 bits per heavy atom. The highest BCUT2D eigenvalue weighted by Crippen LogP contribution is 2.41. The van der Waals surface area contributed by atoms with Crippen LogP contribution in [0.2, 0.25) is 0 Å². The van der Waals surface area contributed by atoms with Crippen molar-refractivity contribution in [1.82, 2.24) is 4.98 Å². The van der Waals surface area contributed by atoms with Gasteiger partial charge < -0.3 is 10.0 Å². The lowest BCUT2D eigenvalue weighted by atomic mass is 10.0. The van der Waals surface area contributed by atoms with Crippen LogP contribution in [-0.2, 0) is 6.42 Å². The predicted molar refractivity (Wildman–Crippen MR) is 70.7 cm³/mol. The predicted octanol–water partition coefficient (Wildman–Crippen LogP) is 2.89. The van der Waals surface area contributed by atoms with Crippen molar-refractivity contribution in [2.24, 2.45) is 0 Å². The highest BCUT2D eigenvalue weighted by Gasteiger charge is 2.35. The van der Waals surface area contributed by atoms with Crippen molar-refractivity contribution >= 4 is 16.5 Å². The zero-order chi connectivity index (χ0) is 12.0. The average Bonchev–Trinajstić information content (AvgIpc) is 2.81. The molecule has 3 nitrogen and oxygen atoms in total. The van der Waals surface area contributed by atoms with Gasteiger partial charge in [-0.3, -0.25) is 0 Å². The van der Waals surface area contributed by atoms with Crippen LogP contribution in [0.3, 0.4) is 0 Å². The molecule has 1 atom stereocenters. The maximum atomic E-state index is 10.00. The van der Waals surface area contributed by atoms with Crippen LogP contribution in [0.5, 0.6) is 0 Å². The number of fused-ring (bicyclic) bond motifs is 1. The summed E-state index contributed by atoms with van der Waals surface area (Å²) in [6, 6.07) is 0. The largest absolute Gasteiger partial charge is 0.388 e. The van der Waals surface area contributed by atoms with Crippen molar-refractivity contribution in [2.45, 2.75) is 57.6 Å². The maximum absolute atomic E-state index is 10.00. The number of aromatic nitrogens is 1. The molecule has 1 aromatic rings. The molecule has 1 unspecified atom stereocenters. The smallest absolute Gasteiger partial charge is 0.186 e. The Morgan fingerprint density at radius 3 is 2.88 bits per heavy atom. The Bertz CT molecular complexity index is 427. The van der Waals surface area contributed by atoms with E-state index >= 15 is 0 Å². The number of thiazole rings is 1. The number of nitrogens with zero attached hydrogens (tertiary/aromatic N) is 2. The molecule has 4 heteroatoms. The van der Waals surface area contributed by atoms with Crippen molar-refractivity contribution in [2.75, 3.05) is 11.4 Å². The van der Waals surface area contributed by atoms with Gasteiger partial charge in [-0.2, -0.15) is 0 Å². The number of rotatable bonds is 1. The van der Waals surface area contributed by atoms with Gasteiger partial charge in [0.15, 0.2) is 5.13 Å². The molecule has 1 aromatic heterocycles. The number of aliphatic hydroxyl groups excluding tert-OH is 1. The average molecular weight is 252 g/mol. The van der Waals surface area contributed by atoms with Gasteiger partial charge in [-0.15, -0.1) is 0 Å². The van der Waals surface area contributed by atoms with Crippen molar-refractivity contribution in [3.05, 3.63) is 10.6 Å². The molecule has 0 aromatic carbocycles. The summed E-state index contributed by atoms with van der Waals surface area (Å²) in [5.41, 5.74) is 1.37. The maximum Gasteiger partial charge on any atom is 0.186 e. The fraction of sp³-hybridized carbons (Fsp3) is 0.769. The Morgan fingerprint density at radius 1 is 1.41 bits per heavy atom. The molecule has 0 bridgehead atoms. The first kappa shape index (κ1) is 11.5. The molecule has 1 saturated heterocycles. The highest BCUT2D eigenvalue weighted by molar-refractivity contribution is 7.15. The minimum absolute atomic E-state index is 0.228. The zero-order valence-electron chi connectivity index (χ0n) is 10.6. The summed E-state index contributed by atoms with van der Waals surface area (Å²) < 4.78 is 0. The molecule has 0 spiro atoms. The van der Waals surface area contributed by atoms with Crippen LogP contribution in [0.25, 0.3) is 0 Å². The highest BCUT2D eigenvalue weighted by atomic mass is 32.1. The van der Waals surface area contributed by atoms with Crippen molar-refractivity contribution in [1.29, 1.82) is 0 Å². The number of aliphatic hydroxyl groups is 1. The van der Waals surface area contributed by atoms with E-state index in [4.69, 9.17) is 4.98 Å². The molecule has 17 heavy (non-hydrogen) atoms. The zero-order valence-corrected chi connectivity index (χ0v) is 11.4. The molecule has 0 saturated carbocycles. The Balaban J connectivity index is 1.94. The van der Waals surface area contributed by atoms with E-state index in [1.54, 1.807) is 11.3 Å². The molecule has 94 valence electrons. The van der Waals surface area contributed by atoms with Gasteiger partial charge in [0.25, 0.3) is 0 Å². The van der Waals surface area contributed by atoms with Crippen molar-refractivity contribution < 1.29 is 5.11 Å². The van der Waals surface area contributed by atoms with Gasteiger partial charge in [-0.05, 0) is 46.0 Å². The van der Waals surface area contributed by atoms with Gasteiger partial charge in [-0.25, -0.2) is 4.98 Å². The summed E-state index contributed by atoms with van der Waals surface area (Å²) in [6.07, 6.45) is 5.23. The normalized spacial score (nSPS) is 27.2. The molecule has 0 amide bonds. The molecule has 1 aliphatic heterocycles. The van der Waals surface area contributed by atoms with Crippen LogP contribution in [0, 0.1) is 0 Å². The number of aryl methyl sites for hydroxylation is 1. The molecule has 3 rings (SSSR count). The Kier molecular flexibility index (Phi) is 2.67. The third kappa shape index (κ3) is 1.87. The van der Waals surface area contributed by atoms with Crippen LogP contribution < -0.4 is 4.90 Å². The molecule has 0 radical (unpaired) electrons. The minimum atomic E-state index is -0.268. The lowest BCUT2D eigenvalue weighted by Gasteiger charge is -2.31. The Hall–Kier alpha value is -0.610. The molecule has 1 fully saturated rings. The van der Waals surface area contributed by atoms with E-state index in [1.807, 2.05) is 0 Å². The van der Waals surface area contributed by atoms with Gasteiger partial charge in [0.1, 0.15) is 0 Å². The summed E-state index contributed by atoms with van der Waals surface area (Å²) in [7, 11) is 0. The number of hydrogen-bond donors (Lipinski definition) is 1. The van der Waals surface area contributed by atoms with Crippen LogP contribution in [-0.4, -0.2) is 22.2 Å². The second-order valence-corrected chi connectivity index (χ2v) is 6.79. The molecule has 2 heterocycles. The second kappa shape index (κ2) is 3.95. The first-order chi connectivity index (χ1) is 8.08. The van der Waals surface area contributed by atoms with Gasteiger partial charge in [0.2, 0.25) is 0 Å². The van der Waals surface area contributed by atoms with Gasteiger partial charge >= 0.3 is 0 Å². The van der Waals surface area contributed by atoms with E-state index in [-0.39, 0.29) is 11.6 Å². The quantitative estimate of drug-likeness (QED) is 0.835. The van der Waals surface area contributed by atoms with Gasteiger partial charge in [0, 0.05) is 12.1 Å². The van der Waals surface area contributed by atoms with Crippen molar-refractivity contribution in [3.8, 4) is 0 Å². The summed E-state index contributed by atoms with van der Waals surface area (Å²) in [5, 5.41) is 11.1. The van der Waals surface area contributed by atoms with Crippen molar-refractivity contribution in [3.63, 3.8) is 0 Å². The fourth-order valence-corrected chi connectivity index (χ4v) is 4.28. The molecule has 1 N–H and O–H groups in total. The number of anilines is 1. The van der Waals surface area contributed by atoms with E-state index in [9.17, 15) is 5.11 Å². The van der Waals surface area contributed by atoms with Crippen LogP contribution >= 0.6 is 11.3 Å². The first-order valence-corrected chi connectivity index (χ1v) is 7.35. The number of hydrogen-bond acceptors (Lipinski definition) is 4. The SMILES string of the molecule is CC1(C)CCCN1c1nc2c(s1)C(O)CCC2. The van der Waals surface area contributed by atoms with E-state index < -0.39 is 0 Å². The summed E-state index contributed by atoms with van der Waals surface area (Å²) in [4.78, 5) is 8.30. The van der Waals surface area contributed by atoms with E-state index in [0.717, 1.165) is 41.5 Å². The molecular formula is C13H20N2OS. The fourth-order valence-electron chi connectivity index (χ4n) is 2.96. The monoisotopic (exact) mass is 252 g/mol. The molecule has 2 aliphatic rings. The third-order valence-corrected chi connectivity index (χ3v) is 5.26. The molecular weight excluding hydrogens is 232 g/mol. The van der Waals surface area contributed by atoms with Crippen LogP contribution in [0.1, 0.15) is 56.2 Å². The van der Waals surface area contributed by atoms with Crippen LogP contribution in [0.15, 0.2) is 0 Å².